The Balaban J connectivity index is 1.86. The van der Waals surface area contributed by atoms with Crippen LogP contribution in [0, 0.1) is 5.82 Å². The topological polar surface area (TPSA) is 66.4 Å². The van der Waals surface area contributed by atoms with Crippen molar-refractivity contribution in [3.63, 3.8) is 0 Å². The first kappa shape index (κ1) is 17.4. The third kappa shape index (κ3) is 3.83. The number of thiophene rings is 1. The molecule has 0 saturated heterocycles. The summed E-state index contributed by atoms with van der Waals surface area (Å²) in [6.45, 7) is 1.44. The second kappa shape index (κ2) is 7.25. The number of benzene rings is 2. The van der Waals surface area contributed by atoms with E-state index in [2.05, 4.69) is 5.32 Å². The molecule has 2 aromatic carbocycles. The number of thioether (sulfide) groups is 1. The van der Waals surface area contributed by atoms with E-state index < -0.39 is 11.8 Å². The molecule has 0 fully saturated rings. The number of hydrogen-bond acceptors (Lipinski definition) is 4. The molecule has 0 atom stereocenters. The molecule has 3 aromatic rings. The number of carboxylic acid groups (broad SMARTS) is 1. The third-order valence-electron chi connectivity index (χ3n) is 3.52. The molecule has 0 aliphatic carbocycles. The van der Waals surface area contributed by atoms with E-state index >= 15 is 0 Å². The van der Waals surface area contributed by atoms with Crippen molar-refractivity contribution in [2.24, 2.45) is 0 Å². The lowest BCUT2D eigenvalue weighted by atomic mass is 10.1. The maximum atomic E-state index is 14.2. The standard InChI is InChI=1S/C18H14FNO3S2/c1-10(21)20-11-5-7-12(8-6-11)24-9-13-16-14(19)3-2-4-15(16)25-17(13)18(22)23/h2-8H,9H2,1H3,(H,20,21)(H,22,23). The maximum absolute atomic E-state index is 14.2. The molecule has 2 N–H and O–H groups in total. The van der Waals surface area contributed by atoms with Crippen LogP contribution in [0.3, 0.4) is 0 Å². The van der Waals surface area contributed by atoms with Gasteiger partial charge in [-0.25, -0.2) is 9.18 Å². The Labute approximate surface area is 151 Å². The number of hydrogen-bond donors (Lipinski definition) is 2. The lowest BCUT2D eigenvalue weighted by Gasteiger charge is -2.06. The van der Waals surface area contributed by atoms with Crippen LogP contribution in [0.2, 0.25) is 0 Å². The van der Waals surface area contributed by atoms with Crippen molar-refractivity contribution >= 4 is 50.7 Å². The minimum Gasteiger partial charge on any atom is -0.477 e. The summed E-state index contributed by atoms with van der Waals surface area (Å²) in [5, 5.41) is 12.5. The van der Waals surface area contributed by atoms with Gasteiger partial charge in [-0.1, -0.05) is 6.07 Å². The van der Waals surface area contributed by atoms with Crippen LogP contribution in [-0.2, 0) is 10.5 Å². The molecular weight excluding hydrogens is 361 g/mol. The SMILES string of the molecule is CC(=O)Nc1ccc(SCc2c(C(=O)O)sc3cccc(F)c23)cc1. The summed E-state index contributed by atoms with van der Waals surface area (Å²) in [7, 11) is 0. The van der Waals surface area contributed by atoms with Crippen LogP contribution >= 0.6 is 23.1 Å². The quantitative estimate of drug-likeness (QED) is 0.617. The fraction of sp³-hybridized carbons (Fsp3) is 0.111. The summed E-state index contributed by atoms with van der Waals surface area (Å²) < 4.78 is 14.8. The minimum atomic E-state index is -1.04. The predicted octanol–water partition coefficient (Wildman–Crippen LogP) is 4.99. The average molecular weight is 375 g/mol. The van der Waals surface area contributed by atoms with Crippen LogP contribution in [0.15, 0.2) is 47.4 Å². The number of amides is 1. The normalized spacial score (nSPS) is 10.8. The highest BCUT2D eigenvalue weighted by molar-refractivity contribution is 7.98. The molecule has 1 heterocycles. The highest BCUT2D eigenvalue weighted by Gasteiger charge is 2.20. The zero-order valence-corrected chi connectivity index (χ0v) is 14.8. The summed E-state index contributed by atoms with van der Waals surface area (Å²) >= 11 is 2.52. The van der Waals surface area contributed by atoms with E-state index in [1.165, 1.54) is 24.8 Å². The number of aromatic carboxylic acids is 1. The van der Waals surface area contributed by atoms with E-state index in [0.717, 1.165) is 16.2 Å². The smallest absolute Gasteiger partial charge is 0.346 e. The van der Waals surface area contributed by atoms with Gasteiger partial charge in [-0.2, -0.15) is 0 Å². The molecule has 1 amide bonds. The van der Waals surface area contributed by atoms with Crippen LogP contribution in [0.5, 0.6) is 0 Å². The van der Waals surface area contributed by atoms with Gasteiger partial charge in [-0.3, -0.25) is 4.79 Å². The molecule has 0 aliphatic heterocycles. The number of carbonyl (C=O) groups is 2. The first-order chi connectivity index (χ1) is 12.0. The number of rotatable bonds is 5. The van der Waals surface area contributed by atoms with Crippen LogP contribution < -0.4 is 5.32 Å². The van der Waals surface area contributed by atoms with Crippen LogP contribution in [0.25, 0.3) is 10.1 Å². The molecule has 0 unspecified atom stereocenters. The summed E-state index contributed by atoms with van der Waals surface area (Å²) in [6.07, 6.45) is 0. The third-order valence-corrected chi connectivity index (χ3v) is 5.74. The van der Waals surface area contributed by atoms with Crippen LogP contribution in [0.4, 0.5) is 10.1 Å². The largest absolute Gasteiger partial charge is 0.477 e. The van der Waals surface area contributed by atoms with Gasteiger partial charge in [0.25, 0.3) is 0 Å². The van der Waals surface area contributed by atoms with Gasteiger partial charge >= 0.3 is 5.97 Å². The number of anilines is 1. The van der Waals surface area contributed by atoms with Crippen LogP contribution in [0.1, 0.15) is 22.2 Å². The molecule has 25 heavy (non-hydrogen) atoms. The van der Waals surface area contributed by atoms with Gasteiger partial charge in [0.2, 0.25) is 5.91 Å². The molecule has 0 saturated carbocycles. The van der Waals surface area contributed by atoms with E-state index in [4.69, 9.17) is 0 Å². The highest BCUT2D eigenvalue weighted by Crippen LogP contribution is 2.37. The van der Waals surface area contributed by atoms with Crippen LogP contribution in [-0.4, -0.2) is 17.0 Å². The molecule has 0 radical (unpaired) electrons. The first-order valence-corrected chi connectivity index (χ1v) is 9.19. The van der Waals surface area contributed by atoms with Crippen molar-refractivity contribution in [1.29, 1.82) is 0 Å². The molecule has 1 aromatic heterocycles. The van der Waals surface area contributed by atoms with Crippen molar-refractivity contribution in [1.82, 2.24) is 0 Å². The maximum Gasteiger partial charge on any atom is 0.346 e. The number of fused-ring (bicyclic) bond motifs is 1. The van der Waals surface area contributed by atoms with Crippen molar-refractivity contribution in [2.45, 2.75) is 17.6 Å². The second-order valence-electron chi connectivity index (χ2n) is 5.32. The Morgan fingerprint density at radius 1 is 1.20 bits per heavy atom. The van der Waals surface area contributed by atoms with Gasteiger partial charge in [0.1, 0.15) is 10.7 Å². The fourth-order valence-corrected chi connectivity index (χ4v) is 4.56. The molecule has 0 aliphatic rings. The van der Waals surface area contributed by atoms with Gasteiger partial charge in [-0.05, 0) is 42.0 Å². The number of halogens is 1. The summed E-state index contributed by atoms with van der Waals surface area (Å²) in [6, 6.07) is 11.9. The molecule has 128 valence electrons. The van der Waals surface area contributed by atoms with Gasteiger partial charge in [-0.15, -0.1) is 23.1 Å². The highest BCUT2D eigenvalue weighted by atomic mass is 32.2. The minimum absolute atomic E-state index is 0.147. The van der Waals surface area contributed by atoms with Gasteiger partial charge in [0.05, 0.1) is 0 Å². The summed E-state index contributed by atoms with van der Waals surface area (Å²) in [5.74, 6) is -1.25. The molecule has 4 nitrogen and oxygen atoms in total. The van der Waals surface area contributed by atoms with E-state index in [1.807, 2.05) is 12.1 Å². The first-order valence-electron chi connectivity index (χ1n) is 7.39. The van der Waals surface area contributed by atoms with Crippen molar-refractivity contribution < 1.29 is 19.1 Å². The molecule has 3 rings (SSSR count). The van der Waals surface area contributed by atoms with E-state index in [1.54, 1.807) is 24.3 Å². The van der Waals surface area contributed by atoms with Crippen molar-refractivity contribution in [3.05, 3.63) is 58.7 Å². The second-order valence-corrected chi connectivity index (χ2v) is 7.42. The number of carbonyl (C=O) groups excluding carboxylic acids is 1. The zero-order valence-electron chi connectivity index (χ0n) is 13.2. The monoisotopic (exact) mass is 375 g/mol. The Bertz CT molecular complexity index is 951. The van der Waals surface area contributed by atoms with Crippen molar-refractivity contribution in [3.8, 4) is 0 Å². The molecule has 0 bridgehead atoms. The van der Waals surface area contributed by atoms with E-state index in [9.17, 15) is 19.1 Å². The van der Waals surface area contributed by atoms with Gasteiger partial charge < -0.3 is 10.4 Å². The summed E-state index contributed by atoms with van der Waals surface area (Å²) in [4.78, 5) is 23.6. The average Bonchev–Trinajstić information content (AvgIpc) is 2.94. The Morgan fingerprint density at radius 2 is 1.92 bits per heavy atom. The Kier molecular flexibility index (Phi) is 5.06. The fourth-order valence-electron chi connectivity index (χ4n) is 2.47. The molecule has 0 spiro atoms. The number of nitrogens with one attached hydrogen (secondary N) is 1. The van der Waals surface area contributed by atoms with E-state index in [0.29, 0.717) is 27.1 Å². The predicted molar refractivity (Wildman–Crippen MR) is 99.0 cm³/mol. The lowest BCUT2D eigenvalue weighted by Crippen LogP contribution is -2.05. The zero-order chi connectivity index (χ0) is 18.0. The van der Waals surface area contributed by atoms with Crippen molar-refractivity contribution in [2.75, 3.05) is 5.32 Å². The number of carboxylic acids is 1. The Hall–Kier alpha value is -2.38. The Morgan fingerprint density at radius 3 is 2.56 bits per heavy atom. The van der Waals surface area contributed by atoms with E-state index in [-0.39, 0.29) is 10.8 Å². The molecule has 7 heteroatoms. The lowest BCUT2D eigenvalue weighted by molar-refractivity contribution is -0.114. The van der Waals surface area contributed by atoms with Gasteiger partial charge in [0.15, 0.2) is 0 Å². The van der Waals surface area contributed by atoms with Gasteiger partial charge in [0, 0.05) is 33.3 Å². The molecular formula is C18H14FNO3S2. The summed E-state index contributed by atoms with van der Waals surface area (Å²) in [5.41, 5.74) is 1.19.